The topological polar surface area (TPSA) is 71.9 Å². The molecule has 0 aliphatic carbocycles. The zero-order valence-electron chi connectivity index (χ0n) is 11.1. The summed E-state index contributed by atoms with van der Waals surface area (Å²) in [7, 11) is 0. The van der Waals surface area contributed by atoms with Crippen LogP contribution in [0.3, 0.4) is 0 Å². The number of benzene rings is 1. The molecular weight excluding hydrogens is 282 g/mol. The highest BCUT2D eigenvalue weighted by atomic mass is 32.1. The summed E-state index contributed by atoms with van der Waals surface area (Å²) in [5, 5.41) is 9.89. The molecule has 0 unspecified atom stereocenters. The number of nitrogen functional groups attached to an aromatic ring is 1. The highest BCUT2D eigenvalue weighted by molar-refractivity contribution is 7.19. The molecule has 1 aliphatic rings. The van der Waals surface area contributed by atoms with Gasteiger partial charge in [0.05, 0.1) is 18.0 Å². The maximum absolute atomic E-state index is 9.05. The standard InChI is InChI=1S/C16H11N3OS/c17-8-14-15(18)11-3-4-12(19-16(11)21-14)10-2-1-9-5-6-20-13(9)7-10/h1-4,7H,5-6,18H2. The Labute approximate surface area is 125 Å². The van der Waals surface area contributed by atoms with Gasteiger partial charge in [0.2, 0.25) is 0 Å². The first-order valence-corrected chi connectivity index (χ1v) is 7.43. The van der Waals surface area contributed by atoms with Crippen molar-refractivity contribution in [2.75, 3.05) is 12.3 Å². The Morgan fingerprint density at radius 3 is 3.05 bits per heavy atom. The van der Waals surface area contributed by atoms with Crippen molar-refractivity contribution in [1.29, 1.82) is 5.26 Å². The molecule has 0 spiro atoms. The van der Waals surface area contributed by atoms with E-state index in [1.807, 2.05) is 18.2 Å². The molecule has 3 aromatic rings. The Kier molecular flexibility index (Phi) is 2.59. The van der Waals surface area contributed by atoms with Gasteiger partial charge in [-0.15, -0.1) is 11.3 Å². The number of nitrogens with two attached hydrogens (primary N) is 1. The van der Waals surface area contributed by atoms with Crippen molar-refractivity contribution in [1.82, 2.24) is 4.98 Å². The first-order valence-electron chi connectivity index (χ1n) is 6.61. The lowest BCUT2D eigenvalue weighted by atomic mass is 10.1. The van der Waals surface area contributed by atoms with Crippen LogP contribution < -0.4 is 10.5 Å². The smallest absolute Gasteiger partial charge is 0.130 e. The van der Waals surface area contributed by atoms with Gasteiger partial charge < -0.3 is 10.5 Å². The summed E-state index contributed by atoms with van der Waals surface area (Å²) in [5.41, 5.74) is 9.59. The molecule has 2 aromatic heterocycles. The predicted molar refractivity (Wildman–Crippen MR) is 83.4 cm³/mol. The predicted octanol–water partition coefficient (Wildman–Crippen LogP) is 3.35. The quantitative estimate of drug-likeness (QED) is 0.746. The fraction of sp³-hybridized carbons (Fsp3) is 0.125. The number of nitriles is 1. The molecule has 1 aromatic carbocycles. The first kappa shape index (κ1) is 12.2. The average Bonchev–Trinajstić information content (AvgIpc) is 3.10. The van der Waals surface area contributed by atoms with Crippen molar-refractivity contribution in [2.45, 2.75) is 6.42 Å². The van der Waals surface area contributed by atoms with Gasteiger partial charge in [-0.3, -0.25) is 0 Å². The molecule has 0 saturated heterocycles. The lowest BCUT2D eigenvalue weighted by Crippen LogP contribution is -1.88. The van der Waals surface area contributed by atoms with Crippen LogP contribution in [0.2, 0.25) is 0 Å². The number of pyridine rings is 1. The molecule has 21 heavy (non-hydrogen) atoms. The fourth-order valence-electron chi connectivity index (χ4n) is 2.57. The van der Waals surface area contributed by atoms with Crippen LogP contribution in [0.1, 0.15) is 10.4 Å². The molecule has 3 heterocycles. The molecule has 0 bridgehead atoms. The molecule has 0 fully saturated rings. The van der Waals surface area contributed by atoms with Crippen LogP contribution in [-0.4, -0.2) is 11.6 Å². The van der Waals surface area contributed by atoms with Crippen LogP contribution in [0.4, 0.5) is 5.69 Å². The summed E-state index contributed by atoms with van der Waals surface area (Å²) in [6.07, 6.45) is 0.967. The van der Waals surface area contributed by atoms with Gasteiger partial charge in [0.1, 0.15) is 21.5 Å². The van der Waals surface area contributed by atoms with E-state index < -0.39 is 0 Å². The number of ether oxygens (including phenoxy) is 1. The SMILES string of the molecule is N#Cc1sc2nc(-c3ccc4c(c3)OCC4)ccc2c1N. The molecule has 0 atom stereocenters. The minimum absolute atomic E-state index is 0.520. The van der Waals surface area contributed by atoms with E-state index in [2.05, 4.69) is 23.2 Å². The van der Waals surface area contributed by atoms with Crippen molar-refractivity contribution in [3.63, 3.8) is 0 Å². The number of fused-ring (bicyclic) bond motifs is 2. The summed E-state index contributed by atoms with van der Waals surface area (Å²) in [6.45, 7) is 0.748. The van der Waals surface area contributed by atoms with Gasteiger partial charge in [-0.25, -0.2) is 4.98 Å². The fourth-order valence-corrected chi connectivity index (χ4v) is 3.46. The van der Waals surface area contributed by atoms with Crippen LogP contribution in [0.25, 0.3) is 21.5 Å². The zero-order valence-corrected chi connectivity index (χ0v) is 11.9. The van der Waals surface area contributed by atoms with Crippen LogP contribution in [0.15, 0.2) is 30.3 Å². The Morgan fingerprint density at radius 2 is 2.19 bits per heavy atom. The molecule has 1 aliphatic heterocycles. The van der Waals surface area contributed by atoms with E-state index in [1.165, 1.54) is 16.9 Å². The molecule has 0 amide bonds. The minimum Gasteiger partial charge on any atom is -0.493 e. The molecule has 5 heteroatoms. The summed E-state index contributed by atoms with van der Waals surface area (Å²) >= 11 is 1.33. The molecule has 4 rings (SSSR count). The number of thiophene rings is 1. The summed E-state index contributed by atoms with van der Waals surface area (Å²) in [6, 6.07) is 12.2. The van der Waals surface area contributed by atoms with Crippen LogP contribution in [0, 0.1) is 11.3 Å². The highest BCUT2D eigenvalue weighted by Crippen LogP contribution is 2.35. The maximum atomic E-state index is 9.05. The van der Waals surface area contributed by atoms with Gasteiger partial charge in [0.25, 0.3) is 0 Å². The summed E-state index contributed by atoms with van der Waals surface area (Å²) < 4.78 is 5.60. The molecule has 0 radical (unpaired) electrons. The number of nitrogens with zero attached hydrogens (tertiary/aromatic N) is 2. The third-order valence-corrected chi connectivity index (χ3v) is 4.71. The van der Waals surface area contributed by atoms with Gasteiger partial charge in [-0.1, -0.05) is 12.1 Å². The molecule has 4 nitrogen and oxygen atoms in total. The van der Waals surface area contributed by atoms with E-state index in [0.717, 1.165) is 40.3 Å². The summed E-state index contributed by atoms with van der Waals surface area (Å²) in [5.74, 6) is 0.942. The van der Waals surface area contributed by atoms with Crippen molar-refractivity contribution in [3.8, 4) is 23.1 Å². The molecular formula is C16H11N3OS. The van der Waals surface area contributed by atoms with Gasteiger partial charge in [0.15, 0.2) is 0 Å². The van der Waals surface area contributed by atoms with Crippen LogP contribution in [-0.2, 0) is 6.42 Å². The minimum atomic E-state index is 0.520. The Balaban J connectivity index is 1.86. The summed E-state index contributed by atoms with van der Waals surface area (Å²) in [4.78, 5) is 5.95. The van der Waals surface area contributed by atoms with Crippen LogP contribution >= 0.6 is 11.3 Å². The van der Waals surface area contributed by atoms with E-state index in [0.29, 0.717) is 10.6 Å². The number of hydrogen-bond acceptors (Lipinski definition) is 5. The van der Waals surface area contributed by atoms with Crippen molar-refractivity contribution in [2.24, 2.45) is 0 Å². The Hall–Kier alpha value is -2.58. The second-order valence-corrected chi connectivity index (χ2v) is 5.93. The highest BCUT2D eigenvalue weighted by Gasteiger charge is 2.15. The monoisotopic (exact) mass is 293 g/mol. The number of hydrogen-bond donors (Lipinski definition) is 1. The normalized spacial score (nSPS) is 12.9. The second kappa shape index (κ2) is 4.47. The third-order valence-electron chi connectivity index (χ3n) is 3.69. The largest absolute Gasteiger partial charge is 0.493 e. The van der Waals surface area contributed by atoms with E-state index in [9.17, 15) is 0 Å². The van der Waals surface area contributed by atoms with Crippen molar-refractivity contribution >= 4 is 27.2 Å². The number of rotatable bonds is 1. The average molecular weight is 293 g/mol. The molecule has 2 N–H and O–H groups in total. The third kappa shape index (κ3) is 1.84. The number of anilines is 1. The van der Waals surface area contributed by atoms with Gasteiger partial charge in [0, 0.05) is 17.4 Å². The zero-order chi connectivity index (χ0) is 14.4. The molecule has 0 saturated carbocycles. The van der Waals surface area contributed by atoms with Gasteiger partial charge in [-0.2, -0.15) is 5.26 Å². The van der Waals surface area contributed by atoms with Gasteiger partial charge in [-0.05, 0) is 23.8 Å². The number of aromatic nitrogens is 1. The lowest BCUT2D eigenvalue weighted by Gasteiger charge is -2.04. The molecule has 102 valence electrons. The van der Waals surface area contributed by atoms with E-state index in [1.54, 1.807) is 0 Å². The maximum Gasteiger partial charge on any atom is 0.130 e. The van der Waals surface area contributed by atoms with Crippen molar-refractivity contribution in [3.05, 3.63) is 40.8 Å². The second-order valence-electron chi connectivity index (χ2n) is 4.93. The van der Waals surface area contributed by atoms with E-state index >= 15 is 0 Å². The first-order chi connectivity index (χ1) is 10.3. The van der Waals surface area contributed by atoms with Crippen LogP contribution in [0.5, 0.6) is 5.75 Å². The van der Waals surface area contributed by atoms with Gasteiger partial charge >= 0.3 is 0 Å². The lowest BCUT2D eigenvalue weighted by molar-refractivity contribution is 0.357. The van der Waals surface area contributed by atoms with Crippen molar-refractivity contribution < 1.29 is 4.74 Å². The van der Waals surface area contributed by atoms with E-state index in [-0.39, 0.29) is 0 Å². The van der Waals surface area contributed by atoms with E-state index in [4.69, 9.17) is 15.7 Å². The Bertz CT molecular complexity index is 908. The Morgan fingerprint density at radius 1 is 1.29 bits per heavy atom.